The van der Waals surface area contributed by atoms with E-state index in [0.717, 1.165) is 64.2 Å². The summed E-state index contributed by atoms with van der Waals surface area (Å²) in [7, 11) is 0. The number of esters is 1. The van der Waals surface area contributed by atoms with Crippen molar-refractivity contribution in [2.24, 2.45) is 0 Å². The first-order chi connectivity index (χ1) is 26.0. The smallest absolute Gasteiger partial charge is 0.306 e. The number of nitrogens with one attached hydrogen (secondary N) is 1. The summed E-state index contributed by atoms with van der Waals surface area (Å²) in [5, 5.41) is 23.6. The van der Waals surface area contributed by atoms with Gasteiger partial charge in [0, 0.05) is 6.42 Å². The van der Waals surface area contributed by atoms with Crippen molar-refractivity contribution < 1.29 is 24.5 Å². The Morgan fingerprint density at radius 1 is 0.566 bits per heavy atom. The number of aliphatic hydroxyl groups excluding tert-OH is 2. The van der Waals surface area contributed by atoms with Crippen LogP contribution in [0.4, 0.5) is 0 Å². The van der Waals surface area contributed by atoms with Gasteiger partial charge in [0.1, 0.15) is 6.10 Å². The summed E-state index contributed by atoms with van der Waals surface area (Å²) < 4.78 is 5.83. The first-order valence-corrected chi connectivity index (χ1v) is 21.7. The summed E-state index contributed by atoms with van der Waals surface area (Å²) in [4.78, 5) is 25.8. The van der Waals surface area contributed by atoms with Gasteiger partial charge in [0.05, 0.1) is 25.2 Å². The van der Waals surface area contributed by atoms with Gasteiger partial charge in [0.25, 0.3) is 0 Å². The molecule has 1 amide bonds. The molecule has 0 aliphatic carbocycles. The number of carbonyl (C=O) groups excluding carboxylic acids is 2. The Kier molecular flexibility index (Phi) is 38.4. The fraction of sp³-hybridized carbons (Fsp3) is 0.702. The van der Waals surface area contributed by atoms with Crippen LogP contribution in [-0.2, 0) is 14.3 Å². The minimum atomic E-state index is -0.804. The second kappa shape index (κ2) is 40.5. The molecule has 0 aromatic carbocycles. The molecule has 0 aliphatic heterocycles. The molecule has 3 unspecified atom stereocenters. The Morgan fingerprint density at radius 2 is 1.06 bits per heavy atom. The lowest BCUT2D eigenvalue weighted by Crippen LogP contribution is -2.46. The Hall–Kier alpha value is -2.70. The van der Waals surface area contributed by atoms with E-state index in [4.69, 9.17) is 4.74 Å². The van der Waals surface area contributed by atoms with Gasteiger partial charge in [-0.1, -0.05) is 190 Å². The fourth-order valence-electron chi connectivity index (χ4n) is 6.09. The third-order valence-electron chi connectivity index (χ3n) is 9.40. The number of ether oxygens (including phenoxy) is 1. The maximum absolute atomic E-state index is 13.1. The van der Waals surface area contributed by atoms with E-state index >= 15 is 0 Å². The van der Waals surface area contributed by atoms with Crippen LogP contribution in [0.15, 0.2) is 72.9 Å². The summed E-state index contributed by atoms with van der Waals surface area (Å²) in [6.45, 7) is 6.24. The molecule has 53 heavy (non-hydrogen) atoms. The van der Waals surface area contributed by atoms with Crippen LogP contribution >= 0.6 is 0 Å². The van der Waals surface area contributed by atoms with Crippen molar-refractivity contribution in [3.8, 4) is 0 Å². The number of aliphatic hydroxyl groups is 2. The van der Waals surface area contributed by atoms with E-state index in [1.165, 1.54) is 70.6 Å². The van der Waals surface area contributed by atoms with Crippen LogP contribution in [0.2, 0.25) is 0 Å². The Balaban J connectivity index is 4.69. The SMILES string of the molecule is CC/C=C/C=C/C=C\C=C/C=C/CCCC(=O)OC(CCCCC/C=C\CCCC)CC(=O)NC(CO)C(O)CCCCCCCCCCCCCC. The largest absolute Gasteiger partial charge is 0.462 e. The van der Waals surface area contributed by atoms with E-state index < -0.39 is 18.2 Å². The number of allylic oxidation sites excluding steroid dienone is 12. The van der Waals surface area contributed by atoms with Crippen LogP contribution in [0.3, 0.4) is 0 Å². The molecule has 0 radical (unpaired) electrons. The van der Waals surface area contributed by atoms with E-state index in [0.29, 0.717) is 25.7 Å². The van der Waals surface area contributed by atoms with E-state index in [1.54, 1.807) is 0 Å². The Labute approximate surface area is 326 Å². The van der Waals surface area contributed by atoms with Crippen LogP contribution < -0.4 is 5.32 Å². The predicted molar refractivity (Wildman–Crippen MR) is 227 cm³/mol. The molecule has 0 saturated heterocycles. The molecular formula is C47H81NO5. The standard InChI is InChI=1S/C47H81NO5/c1-4-7-10-13-16-19-21-23-25-28-31-34-37-40-47(52)53-43(38-35-32-29-26-18-15-12-9-6-3)41-46(51)48-44(42-49)45(50)39-36-33-30-27-24-22-20-17-14-11-8-5-2/h7,10,13,15-16,18-19,21,23,25,28,31,43-45,49-50H,4-6,8-9,11-12,14,17,20,22,24,26-27,29-30,32-42H2,1-3H3,(H,48,51)/b10-7+,16-13+,18-15-,21-19-,25-23-,31-28+. The molecule has 0 aromatic rings. The van der Waals surface area contributed by atoms with E-state index in [-0.39, 0.29) is 24.9 Å². The van der Waals surface area contributed by atoms with Crippen molar-refractivity contribution in [3.05, 3.63) is 72.9 Å². The predicted octanol–water partition coefficient (Wildman–Crippen LogP) is 12.3. The highest BCUT2D eigenvalue weighted by Crippen LogP contribution is 2.16. The molecule has 0 bridgehead atoms. The minimum Gasteiger partial charge on any atom is -0.462 e. The summed E-state index contributed by atoms with van der Waals surface area (Å²) in [6.07, 6.45) is 49.7. The fourth-order valence-corrected chi connectivity index (χ4v) is 6.09. The lowest BCUT2D eigenvalue weighted by atomic mass is 10.0. The maximum atomic E-state index is 13.1. The third kappa shape index (κ3) is 36.1. The number of hydrogen-bond donors (Lipinski definition) is 3. The molecule has 6 nitrogen and oxygen atoms in total. The molecule has 3 N–H and O–H groups in total. The molecule has 0 heterocycles. The monoisotopic (exact) mass is 740 g/mol. The zero-order valence-electron chi connectivity index (χ0n) is 34.4. The average molecular weight is 740 g/mol. The van der Waals surface area contributed by atoms with Gasteiger partial charge in [0.2, 0.25) is 5.91 Å². The van der Waals surface area contributed by atoms with Gasteiger partial charge in [-0.15, -0.1) is 0 Å². The van der Waals surface area contributed by atoms with Crippen LogP contribution in [0.1, 0.15) is 188 Å². The molecule has 0 saturated carbocycles. The van der Waals surface area contributed by atoms with Crippen molar-refractivity contribution in [2.45, 2.75) is 206 Å². The Bertz CT molecular complexity index is 1010. The molecule has 0 spiro atoms. The molecular weight excluding hydrogens is 659 g/mol. The number of hydrogen-bond acceptors (Lipinski definition) is 5. The minimum absolute atomic E-state index is 0.0345. The summed E-state index contributed by atoms with van der Waals surface area (Å²) >= 11 is 0. The van der Waals surface area contributed by atoms with Gasteiger partial charge < -0.3 is 20.3 Å². The van der Waals surface area contributed by atoms with Gasteiger partial charge in [-0.05, 0) is 57.8 Å². The van der Waals surface area contributed by atoms with Crippen LogP contribution in [0, 0.1) is 0 Å². The summed E-state index contributed by atoms with van der Waals surface area (Å²) in [6, 6.07) is -0.721. The quantitative estimate of drug-likeness (QED) is 0.0255. The van der Waals surface area contributed by atoms with Gasteiger partial charge in [-0.2, -0.15) is 0 Å². The highest BCUT2D eigenvalue weighted by atomic mass is 16.5. The highest BCUT2D eigenvalue weighted by Gasteiger charge is 2.24. The van der Waals surface area contributed by atoms with Crippen molar-refractivity contribution in [2.75, 3.05) is 6.61 Å². The van der Waals surface area contributed by atoms with Crippen molar-refractivity contribution in [1.29, 1.82) is 0 Å². The highest BCUT2D eigenvalue weighted by molar-refractivity contribution is 5.77. The molecule has 304 valence electrons. The zero-order chi connectivity index (χ0) is 38.9. The van der Waals surface area contributed by atoms with Gasteiger partial charge in [-0.25, -0.2) is 0 Å². The van der Waals surface area contributed by atoms with Gasteiger partial charge >= 0.3 is 5.97 Å². The van der Waals surface area contributed by atoms with Crippen molar-refractivity contribution >= 4 is 11.9 Å². The van der Waals surface area contributed by atoms with Crippen LogP contribution in [0.25, 0.3) is 0 Å². The summed E-state index contributed by atoms with van der Waals surface area (Å²) in [5.41, 5.74) is 0. The molecule has 0 aliphatic rings. The number of carbonyl (C=O) groups is 2. The second-order valence-corrected chi connectivity index (χ2v) is 14.5. The first kappa shape index (κ1) is 50.3. The topological polar surface area (TPSA) is 95.9 Å². The molecule has 6 heteroatoms. The Morgan fingerprint density at radius 3 is 1.64 bits per heavy atom. The number of amides is 1. The first-order valence-electron chi connectivity index (χ1n) is 21.7. The number of rotatable bonds is 37. The zero-order valence-corrected chi connectivity index (χ0v) is 34.4. The van der Waals surface area contributed by atoms with Crippen LogP contribution in [0.5, 0.6) is 0 Å². The van der Waals surface area contributed by atoms with Crippen molar-refractivity contribution in [3.63, 3.8) is 0 Å². The van der Waals surface area contributed by atoms with Gasteiger partial charge in [0.15, 0.2) is 0 Å². The maximum Gasteiger partial charge on any atom is 0.306 e. The molecule has 0 rings (SSSR count). The van der Waals surface area contributed by atoms with Gasteiger partial charge in [-0.3, -0.25) is 9.59 Å². The van der Waals surface area contributed by atoms with E-state index in [9.17, 15) is 19.8 Å². The molecule has 0 aromatic heterocycles. The number of unbranched alkanes of at least 4 members (excludes halogenated alkanes) is 17. The van der Waals surface area contributed by atoms with E-state index in [2.05, 4.69) is 44.3 Å². The lowest BCUT2D eigenvalue weighted by molar-refractivity contribution is -0.151. The molecule has 3 atom stereocenters. The molecule has 0 fully saturated rings. The second-order valence-electron chi connectivity index (χ2n) is 14.5. The van der Waals surface area contributed by atoms with E-state index in [1.807, 2.05) is 54.7 Å². The van der Waals surface area contributed by atoms with Crippen molar-refractivity contribution in [1.82, 2.24) is 5.32 Å². The average Bonchev–Trinajstić information content (AvgIpc) is 3.15. The third-order valence-corrected chi connectivity index (χ3v) is 9.40. The summed E-state index contributed by atoms with van der Waals surface area (Å²) in [5.74, 6) is -0.589. The normalized spacial score (nSPS) is 14.1. The van der Waals surface area contributed by atoms with Crippen LogP contribution in [-0.4, -0.2) is 46.9 Å². The lowest BCUT2D eigenvalue weighted by Gasteiger charge is -2.24.